The quantitative estimate of drug-likeness (QED) is 0.786. The zero-order chi connectivity index (χ0) is 11.8. The van der Waals surface area contributed by atoms with E-state index in [4.69, 9.17) is 5.73 Å². The molecule has 3 rings (SSSR count). The lowest BCUT2D eigenvalue weighted by molar-refractivity contribution is 0.460. The Kier molecular flexibility index (Phi) is 2.37. The maximum absolute atomic E-state index is 9.87. The van der Waals surface area contributed by atoms with Crippen LogP contribution in [0, 0.1) is 0 Å². The van der Waals surface area contributed by atoms with Crippen LogP contribution in [0.1, 0.15) is 24.6 Å². The first-order valence-corrected chi connectivity index (χ1v) is 5.87. The van der Waals surface area contributed by atoms with Crippen molar-refractivity contribution in [3.8, 4) is 17.1 Å². The van der Waals surface area contributed by atoms with E-state index in [9.17, 15) is 5.11 Å². The van der Waals surface area contributed by atoms with E-state index in [1.807, 2.05) is 24.4 Å². The van der Waals surface area contributed by atoms with Gasteiger partial charge in [0.25, 0.3) is 0 Å². The summed E-state index contributed by atoms with van der Waals surface area (Å²) < 4.78 is 2.11. The molecule has 0 amide bonds. The summed E-state index contributed by atoms with van der Waals surface area (Å²) in [4.78, 5) is 4.40. The molecular formula is C13H15N3O. The number of rotatable bonds is 1. The predicted octanol–water partition coefficient (Wildman–Crippen LogP) is 2.05. The van der Waals surface area contributed by atoms with Gasteiger partial charge >= 0.3 is 0 Å². The number of nitrogens with two attached hydrogens (primary N) is 1. The molecule has 2 aromatic rings. The van der Waals surface area contributed by atoms with E-state index < -0.39 is 0 Å². The number of imidazole rings is 1. The third-order valence-corrected chi connectivity index (χ3v) is 3.31. The lowest BCUT2D eigenvalue weighted by Crippen LogP contribution is -2.21. The highest BCUT2D eigenvalue weighted by Gasteiger charge is 2.21. The van der Waals surface area contributed by atoms with Gasteiger partial charge in [0.15, 0.2) is 0 Å². The van der Waals surface area contributed by atoms with E-state index in [0.29, 0.717) is 0 Å². The average Bonchev–Trinajstić information content (AvgIpc) is 2.75. The Morgan fingerprint density at radius 1 is 1.35 bits per heavy atom. The molecule has 0 aliphatic carbocycles. The van der Waals surface area contributed by atoms with Gasteiger partial charge in [-0.05, 0) is 25.0 Å². The smallest absolute Gasteiger partial charge is 0.143 e. The molecule has 0 fully saturated rings. The van der Waals surface area contributed by atoms with E-state index in [0.717, 1.165) is 36.5 Å². The van der Waals surface area contributed by atoms with Gasteiger partial charge in [0.2, 0.25) is 0 Å². The third-order valence-electron chi connectivity index (χ3n) is 3.31. The molecule has 1 aliphatic heterocycles. The SMILES string of the molecule is NC1CCCn2c1cnc2-c1ccccc1O. The Labute approximate surface area is 99.7 Å². The van der Waals surface area contributed by atoms with Crippen LogP contribution in [-0.4, -0.2) is 14.7 Å². The topological polar surface area (TPSA) is 64.1 Å². The molecule has 1 aromatic carbocycles. The first kappa shape index (κ1) is 10.4. The second kappa shape index (κ2) is 3.89. The lowest BCUT2D eigenvalue weighted by Gasteiger charge is -2.22. The highest BCUT2D eigenvalue weighted by molar-refractivity contribution is 5.64. The van der Waals surface area contributed by atoms with Crippen molar-refractivity contribution in [1.29, 1.82) is 0 Å². The van der Waals surface area contributed by atoms with Gasteiger partial charge in [-0.25, -0.2) is 4.98 Å². The van der Waals surface area contributed by atoms with Crippen molar-refractivity contribution in [2.24, 2.45) is 5.73 Å². The molecule has 0 radical (unpaired) electrons. The Morgan fingerprint density at radius 2 is 2.18 bits per heavy atom. The van der Waals surface area contributed by atoms with Crippen molar-refractivity contribution in [3.63, 3.8) is 0 Å². The molecule has 4 heteroatoms. The van der Waals surface area contributed by atoms with Crippen molar-refractivity contribution in [2.75, 3.05) is 0 Å². The van der Waals surface area contributed by atoms with E-state index in [-0.39, 0.29) is 11.8 Å². The largest absolute Gasteiger partial charge is 0.507 e. The van der Waals surface area contributed by atoms with E-state index in [2.05, 4.69) is 9.55 Å². The monoisotopic (exact) mass is 229 g/mol. The fourth-order valence-corrected chi connectivity index (χ4v) is 2.41. The number of aromatic nitrogens is 2. The second-order valence-electron chi connectivity index (χ2n) is 4.42. The van der Waals surface area contributed by atoms with Crippen LogP contribution < -0.4 is 5.73 Å². The van der Waals surface area contributed by atoms with Crippen LogP contribution in [0.15, 0.2) is 30.5 Å². The third kappa shape index (κ3) is 1.61. The minimum Gasteiger partial charge on any atom is -0.507 e. The molecule has 1 aromatic heterocycles. The molecule has 4 nitrogen and oxygen atoms in total. The minimum atomic E-state index is 0.0656. The van der Waals surface area contributed by atoms with Crippen molar-refractivity contribution in [2.45, 2.75) is 25.4 Å². The van der Waals surface area contributed by atoms with Crippen molar-refractivity contribution in [1.82, 2.24) is 9.55 Å². The highest BCUT2D eigenvalue weighted by Crippen LogP contribution is 2.32. The number of phenols is 1. The van der Waals surface area contributed by atoms with Gasteiger partial charge in [0.05, 0.1) is 17.5 Å². The molecule has 17 heavy (non-hydrogen) atoms. The van der Waals surface area contributed by atoms with Crippen LogP contribution in [0.5, 0.6) is 5.75 Å². The molecule has 3 N–H and O–H groups in total. The molecule has 1 atom stereocenters. The number of hydrogen-bond acceptors (Lipinski definition) is 3. The van der Waals surface area contributed by atoms with Crippen molar-refractivity contribution >= 4 is 0 Å². The molecule has 2 heterocycles. The normalized spacial score (nSPS) is 19.0. The Balaban J connectivity index is 2.14. The summed E-state index contributed by atoms with van der Waals surface area (Å²) in [5.74, 6) is 1.08. The van der Waals surface area contributed by atoms with Crippen LogP contribution in [0.3, 0.4) is 0 Å². The van der Waals surface area contributed by atoms with Crippen LogP contribution >= 0.6 is 0 Å². The maximum Gasteiger partial charge on any atom is 0.143 e. The van der Waals surface area contributed by atoms with E-state index >= 15 is 0 Å². The van der Waals surface area contributed by atoms with Crippen LogP contribution in [0.25, 0.3) is 11.4 Å². The Morgan fingerprint density at radius 3 is 3.00 bits per heavy atom. The van der Waals surface area contributed by atoms with E-state index in [1.165, 1.54) is 0 Å². The van der Waals surface area contributed by atoms with Crippen molar-refractivity contribution < 1.29 is 5.11 Å². The van der Waals surface area contributed by atoms with Gasteiger partial charge in [-0.1, -0.05) is 12.1 Å². The number of nitrogens with zero attached hydrogens (tertiary/aromatic N) is 2. The molecule has 0 saturated carbocycles. The predicted molar refractivity (Wildman–Crippen MR) is 65.5 cm³/mol. The summed E-state index contributed by atoms with van der Waals surface area (Å²) in [6.45, 7) is 0.923. The van der Waals surface area contributed by atoms with Gasteiger partial charge in [-0.15, -0.1) is 0 Å². The number of para-hydroxylation sites is 1. The van der Waals surface area contributed by atoms with Crippen molar-refractivity contribution in [3.05, 3.63) is 36.2 Å². The first-order chi connectivity index (χ1) is 8.27. The summed E-state index contributed by atoms with van der Waals surface area (Å²) in [7, 11) is 0. The fraction of sp³-hybridized carbons (Fsp3) is 0.308. The number of phenolic OH excluding ortho intramolecular Hbond substituents is 1. The number of fused-ring (bicyclic) bond motifs is 1. The summed E-state index contributed by atoms with van der Waals surface area (Å²) in [6.07, 6.45) is 3.89. The summed E-state index contributed by atoms with van der Waals surface area (Å²) in [5, 5.41) is 9.87. The van der Waals surface area contributed by atoms with Crippen LogP contribution in [0.4, 0.5) is 0 Å². The van der Waals surface area contributed by atoms with Gasteiger partial charge in [-0.3, -0.25) is 0 Å². The summed E-state index contributed by atoms with van der Waals surface area (Å²) in [5.41, 5.74) is 7.89. The van der Waals surface area contributed by atoms with Gasteiger partial charge < -0.3 is 15.4 Å². The minimum absolute atomic E-state index is 0.0656. The van der Waals surface area contributed by atoms with Crippen LogP contribution in [0.2, 0.25) is 0 Å². The Bertz CT molecular complexity index is 547. The number of benzene rings is 1. The zero-order valence-electron chi connectivity index (χ0n) is 9.50. The zero-order valence-corrected chi connectivity index (χ0v) is 9.50. The molecule has 0 saturated heterocycles. The van der Waals surface area contributed by atoms with E-state index in [1.54, 1.807) is 6.07 Å². The molecule has 1 unspecified atom stereocenters. The molecule has 88 valence electrons. The van der Waals surface area contributed by atoms with Crippen LogP contribution in [-0.2, 0) is 6.54 Å². The second-order valence-corrected chi connectivity index (χ2v) is 4.42. The summed E-state index contributed by atoms with van der Waals surface area (Å²) >= 11 is 0. The maximum atomic E-state index is 9.87. The molecular weight excluding hydrogens is 214 g/mol. The average molecular weight is 229 g/mol. The fourth-order valence-electron chi connectivity index (χ4n) is 2.41. The molecule has 1 aliphatic rings. The van der Waals surface area contributed by atoms with Gasteiger partial charge in [0.1, 0.15) is 11.6 Å². The first-order valence-electron chi connectivity index (χ1n) is 5.87. The lowest BCUT2D eigenvalue weighted by atomic mass is 10.1. The van der Waals surface area contributed by atoms with Gasteiger partial charge in [0, 0.05) is 12.6 Å². The number of aromatic hydroxyl groups is 1. The highest BCUT2D eigenvalue weighted by atomic mass is 16.3. The van der Waals surface area contributed by atoms with Gasteiger partial charge in [-0.2, -0.15) is 0 Å². The Hall–Kier alpha value is -1.81. The standard InChI is InChI=1S/C13H15N3O/c14-10-5-3-7-16-11(10)8-15-13(16)9-4-1-2-6-12(9)17/h1-2,4,6,8,10,17H,3,5,7,14H2. The number of hydrogen-bond donors (Lipinski definition) is 2. The molecule has 0 spiro atoms. The summed E-state index contributed by atoms with van der Waals surface area (Å²) in [6, 6.07) is 7.34. The molecule has 0 bridgehead atoms.